The van der Waals surface area contributed by atoms with Crippen molar-refractivity contribution in [3.8, 4) is 5.75 Å². The SMILES string of the molecule is CCOC(=O)C(CC)C1(O)CCc2ccc(OC)cc21. The van der Waals surface area contributed by atoms with E-state index in [0.29, 0.717) is 25.2 Å². The molecule has 0 amide bonds. The van der Waals surface area contributed by atoms with Gasteiger partial charge < -0.3 is 14.6 Å². The molecule has 0 bridgehead atoms. The fourth-order valence-electron chi connectivity index (χ4n) is 3.07. The quantitative estimate of drug-likeness (QED) is 0.840. The summed E-state index contributed by atoms with van der Waals surface area (Å²) in [4.78, 5) is 12.1. The Morgan fingerprint density at radius 2 is 2.20 bits per heavy atom. The van der Waals surface area contributed by atoms with Gasteiger partial charge in [-0.3, -0.25) is 4.79 Å². The molecule has 0 spiro atoms. The highest BCUT2D eigenvalue weighted by Crippen LogP contribution is 2.45. The molecular formula is C16H22O4. The Hall–Kier alpha value is -1.55. The summed E-state index contributed by atoms with van der Waals surface area (Å²) in [5.41, 5.74) is 0.734. The summed E-state index contributed by atoms with van der Waals surface area (Å²) >= 11 is 0. The minimum atomic E-state index is -1.15. The fourth-order valence-corrected chi connectivity index (χ4v) is 3.07. The van der Waals surface area contributed by atoms with Gasteiger partial charge in [0.05, 0.1) is 19.6 Å². The number of benzene rings is 1. The van der Waals surface area contributed by atoms with Crippen LogP contribution in [-0.2, 0) is 21.6 Å². The summed E-state index contributed by atoms with van der Waals surface area (Å²) in [6.07, 6.45) is 1.87. The lowest BCUT2D eigenvalue weighted by Crippen LogP contribution is -2.38. The third-order valence-corrected chi connectivity index (χ3v) is 4.11. The van der Waals surface area contributed by atoms with Crippen LogP contribution in [0.2, 0.25) is 0 Å². The molecule has 4 heteroatoms. The van der Waals surface area contributed by atoms with Crippen molar-refractivity contribution in [3.63, 3.8) is 0 Å². The molecule has 4 nitrogen and oxygen atoms in total. The smallest absolute Gasteiger partial charge is 0.312 e. The maximum absolute atomic E-state index is 12.1. The van der Waals surface area contributed by atoms with E-state index in [1.165, 1.54) is 0 Å². The number of aliphatic hydroxyl groups is 1. The van der Waals surface area contributed by atoms with Crippen LogP contribution in [0.3, 0.4) is 0 Å². The lowest BCUT2D eigenvalue weighted by molar-refractivity contribution is -0.159. The topological polar surface area (TPSA) is 55.8 Å². The Bertz CT molecular complexity index is 497. The summed E-state index contributed by atoms with van der Waals surface area (Å²) in [6.45, 7) is 4.01. The van der Waals surface area contributed by atoms with E-state index >= 15 is 0 Å². The highest BCUT2D eigenvalue weighted by Gasteiger charge is 2.47. The lowest BCUT2D eigenvalue weighted by atomic mass is 9.80. The number of carbonyl (C=O) groups excluding carboxylic acids is 1. The van der Waals surface area contributed by atoms with Crippen molar-refractivity contribution in [1.82, 2.24) is 0 Å². The van der Waals surface area contributed by atoms with E-state index in [2.05, 4.69) is 0 Å². The average Bonchev–Trinajstić information content (AvgIpc) is 2.77. The Balaban J connectivity index is 2.39. The summed E-state index contributed by atoms with van der Waals surface area (Å²) < 4.78 is 10.3. The van der Waals surface area contributed by atoms with Crippen molar-refractivity contribution >= 4 is 5.97 Å². The molecule has 1 aromatic rings. The van der Waals surface area contributed by atoms with Crippen molar-refractivity contribution in [3.05, 3.63) is 29.3 Å². The highest BCUT2D eigenvalue weighted by atomic mass is 16.5. The van der Waals surface area contributed by atoms with E-state index in [4.69, 9.17) is 9.47 Å². The molecule has 1 N–H and O–H groups in total. The van der Waals surface area contributed by atoms with Crippen LogP contribution in [0.4, 0.5) is 0 Å². The van der Waals surface area contributed by atoms with Gasteiger partial charge in [-0.15, -0.1) is 0 Å². The largest absolute Gasteiger partial charge is 0.497 e. The fraction of sp³-hybridized carbons (Fsp3) is 0.562. The third kappa shape index (κ3) is 2.40. The van der Waals surface area contributed by atoms with Crippen LogP contribution in [0.15, 0.2) is 18.2 Å². The van der Waals surface area contributed by atoms with Gasteiger partial charge in [0.15, 0.2) is 0 Å². The Labute approximate surface area is 119 Å². The molecule has 2 unspecified atom stereocenters. The van der Waals surface area contributed by atoms with Crippen molar-refractivity contribution in [2.45, 2.75) is 38.7 Å². The monoisotopic (exact) mass is 278 g/mol. The zero-order chi connectivity index (χ0) is 14.8. The summed E-state index contributed by atoms with van der Waals surface area (Å²) in [7, 11) is 1.60. The van der Waals surface area contributed by atoms with Gasteiger partial charge in [-0.25, -0.2) is 0 Å². The molecule has 110 valence electrons. The molecule has 0 saturated heterocycles. The predicted molar refractivity (Wildman–Crippen MR) is 75.6 cm³/mol. The van der Waals surface area contributed by atoms with Crippen molar-refractivity contribution < 1.29 is 19.4 Å². The first-order valence-corrected chi connectivity index (χ1v) is 7.13. The zero-order valence-corrected chi connectivity index (χ0v) is 12.3. The van der Waals surface area contributed by atoms with Gasteiger partial charge in [0.2, 0.25) is 0 Å². The summed E-state index contributed by atoms with van der Waals surface area (Å²) in [5.74, 6) is -0.160. The molecule has 1 aliphatic carbocycles. The zero-order valence-electron chi connectivity index (χ0n) is 12.3. The number of ether oxygens (including phenoxy) is 2. The number of hydrogen-bond acceptors (Lipinski definition) is 4. The van der Waals surface area contributed by atoms with E-state index in [9.17, 15) is 9.90 Å². The molecular weight excluding hydrogens is 256 g/mol. The highest BCUT2D eigenvalue weighted by molar-refractivity contribution is 5.74. The summed E-state index contributed by atoms with van der Waals surface area (Å²) in [5, 5.41) is 11.1. The minimum absolute atomic E-state index is 0.326. The normalized spacial score (nSPS) is 22.2. The maximum atomic E-state index is 12.1. The van der Waals surface area contributed by atoms with Gasteiger partial charge in [0.25, 0.3) is 0 Å². The Kier molecular flexibility index (Phi) is 4.33. The van der Waals surface area contributed by atoms with Gasteiger partial charge in [-0.2, -0.15) is 0 Å². The van der Waals surface area contributed by atoms with Crippen LogP contribution < -0.4 is 4.74 Å². The Morgan fingerprint density at radius 1 is 1.45 bits per heavy atom. The van der Waals surface area contributed by atoms with E-state index in [0.717, 1.165) is 17.5 Å². The van der Waals surface area contributed by atoms with Crippen LogP contribution in [0.5, 0.6) is 5.75 Å². The molecule has 20 heavy (non-hydrogen) atoms. The standard InChI is InChI=1S/C16H22O4/c1-4-13(15(17)20-5-2)16(18)9-8-11-6-7-12(19-3)10-14(11)16/h6-7,10,13,18H,4-5,8-9H2,1-3H3. The van der Waals surface area contributed by atoms with Crippen LogP contribution in [0.25, 0.3) is 0 Å². The molecule has 1 aliphatic rings. The van der Waals surface area contributed by atoms with Crippen molar-refractivity contribution in [2.75, 3.05) is 13.7 Å². The molecule has 0 heterocycles. The average molecular weight is 278 g/mol. The number of aryl methyl sites for hydroxylation is 1. The summed E-state index contributed by atoms with van der Waals surface area (Å²) in [6, 6.07) is 5.68. The van der Waals surface area contributed by atoms with Gasteiger partial charge in [0, 0.05) is 0 Å². The van der Waals surface area contributed by atoms with E-state index in [1.807, 2.05) is 25.1 Å². The Morgan fingerprint density at radius 3 is 2.80 bits per heavy atom. The van der Waals surface area contributed by atoms with Crippen LogP contribution in [-0.4, -0.2) is 24.8 Å². The number of rotatable bonds is 5. The molecule has 1 aromatic carbocycles. The maximum Gasteiger partial charge on any atom is 0.312 e. The number of hydrogen-bond donors (Lipinski definition) is 1. The van der Waals surface area contributed by atoms with E-state index in [-0.39, 0.29) is 5.97 Å². The van der Waals surface area contributed by atoms with Gasteiger partial charge in [0.1, 0.15) is 11.4 Å². The molecule has 0 aliphatic heterocycles. The second-order valence-electron chi connectivity index (χ2n) is 5.16. The second-order valence-corrected chi connectivity index (χ2v) is 5.16. The first-order chi connectivity index (χ1) is 9.56. The first-order valence-electron chi connectivity index (χ1n) is 7.13. The van der Waals surface area contributed by atoms with Gasteiger partial charge in [-0.05, 0) is 49.4 Å². The molecule has 2 rings (SSSR count). The second kappa shape index (κ2) is 5.83. The molecule has 0 saturated carbocycles. The number of methoxy groups -OCH3 is 1. The molecule has 0 radical (unpaired) electrons. The van der Waals surface area contributed by atoms with Gasteiger partial charge >= 0.3 is 5.97 Å². The minimum Gasteiger partial charge on any atom is -0.497 e. The number of esters is 1. The van der Waals surface area contributed by atoms with E-state index < -0.39 is 11.5 Å². The first kappa shape index (κ1) is 14.9. The van der Waals surface area contributed by atoms with Crippen LogP contribution in [0.1, 0.15) is 37.8 Å². The third-order valence-electron chi connectivity index (χ3n) is 4.11. The predicted octanol–water partition coefficient (Wildman–Crippen LogP) is 2.42. The van der Waals surface area contributed by atoms with Crippen molar-refractivity contribution in [1.29, 1.82) is 0 Å². The number of fused-ring (bicyclic) bond motifs is 1. The van der Waals surface area contributed by atoms with Crippen LogP contribution >= 0.6 is 0 Å². The number of carbonyl (C=O) groups is 1. The van der Waals surface area contributed by atoms with Crippen LogP contribution in [0, 0.1) is 5.92 Å². The van der Waals surface area contributed by atoms with Crippen molar-refractivity contribution in [2.24, 2.45) is 5.92 Å². The molecule has 0 fully saturated rings. The lowest BCUT2D eigenvalue weighted by Gasteiger charge is -2.31. The van der Waals surface area contributed by atoms with Gasteiger partial charge in [-0.1, -0.05) is 13.0 Å². The molecule has 2 atom stereocenters. The van der Waals surface area contributed by atoms with E-state index in [1.54, 1.807) is 14.0 Å². The molecule has 0 aromatic heterocycles.